The van der Waals surface area contributed by atoms with Crippen LogP contribution in [-0.4, -0.2) is 49.2 Å². The van der Waals surface area contributed by atoms with Crippen LogP contribution in [0, 0.1) is 5.82 Å². The van der Waals surface area contributed by atoms with Crippen LogP contribution in [0.4, 0.5) is 16.2 Å². The van der Waals surface area contributed by atoms with Crippen LogP contribution in [0.15, 0.2) is 30.5 Å². The average Bonchev–Trinajstić information content (AvgIpc) is 3.05. The molecule has 8 heteroatoms. The number of halogens is 1. The molecular weight excluding hydrogens is 337 g/mol. The van der Waals surface area contributed by atoms with E-state index >= 15 is 0 Å². The Morgan fingerprint density at radius 2 is 2.04 bits per heavy atom. The highest BCUT2D eigenvalue weighted by atomic mass is 19.1. The van der Waals surface area contributed by atoms with E-state index in [4.69, 9.17) is 4.74 Å². The molecule has 0 radical (unpaired) electrons. The third-order valence-corrected chi connectivity index (χ3v) is 4.50. The summed E-state index contributed by atoms with van der Waals surface area (Å²) in [4.78, 5) is 21.9. The Balaban J connectivity index is 1.87. The number of nitrogens with zero attached hydrogens (tertiary/aromatic N) is 3. The van der Waals surface area contributed by atoms with Crippen molar-refractivity contribution in [3.05, 3.63) is 41.8 Å². The van der Waals surface area contributed by atoms with Gasteiger partial charge in [0.1, 0.15) is 5.75 Å². The summed E-state index contributed by atoms with van der Waals surface area (Å²) in [5.41, 5.74) is 1.09. The summed E-state index contributed by atoms with van der Waals surface area (Å²) < 4.78 is 18.9. The van der Waals surface area contributed by atoms with Gasteiger partial charge in [-0.05, 0) is 17.7 Å². The lowest BCUT2D eigenvalue weighted by Gasteiger charge is -2.19. The molecule has 3 rings (SSSR count). The summed E-state index contributed by atoms with van der Waals surface area (Å²) >= 11 is 0. The average molecular weight is 359 g/mol. The van der Waals surface area contributed by atoms with E-state index in [1.807, 2.05) is 29.2 Å². The molecule has 0 spiro atoms. The Labute approximate surface area is 151 Å². The number of benzene rings is 1. The highest BCUT2D eigenvalue weighted by Gasteiger charge is 2.35. The second-order valence-corrected chi connectivity index (χ2v) is 6.21. The molecule has 1 amide bonds. The maximum atomic E-state index is 13.6. The highest BCUT2D eigenvalue weighted by Crippen LogP contribution is 2.31. The van der Waals surface area contributed by atoms with Gasteiger partial charge >= 0.3 is 0 Å². The molecule has 0 aliphatic carbocycles. The number of hydrogen-bond donors (Lipinski definition) is 2. The second kappa shape index (κ2) is 7.55. The molecule has 1 fully saturated rings. The SMILES string of the molecule is CNc1nc(N2C[C@@H](NC(C)=O)[C@H](c3ccc(OC)cc3)C2)ncc1F. The number of hydrogen-bond acceptors (Lipinski definition) is 6. The normalized spacial score (nSPS) is 19.3. The lowest BCUT2D eigenvalue weighted by atomic mass is 9.94. The van der Waals surface area contributed by atoms with Gasteiger partial charge in [0.2, 0.25) is 11.9 Å². The fourth-order valence-corrected chi connectivity index (χ4v) is 3.25. The Bertz CT molecular complexity index is 784. The number of nitrogens with one attached hydrogen (secondary N) is 2. The summed E-state index contributed by atoms with van der Waals surface area (Å²) in [7, 11) is 3.23. The fourth-order valence-electron chi connectivity index (χ4n) is 3.25. The number of methoxy groups -OCH3 is 1. The number of carbonyl (C=O) groups is 1. The molecule has 0 unspecified atom stereocenters. The predicted octanol–water partition coefficient (Wildman–Crippen LogP) is 1.77. The number of aromatic nitrogens is 2. The molecule has 7 nitrogen and oxygen atoms in total. The van der Waals surface area contributed by atoms with Gasteiger partial charge < -0.3 is 20.3 Å². The Morgan fingerprint density at radius 1 is 1.31 bits per heavy atom. The van der Waals surface area contributed by atoms with E-state index in [9.17, 15) is 9.18 Å². The minimum atomic E-state index is -0.499. The molecule has 138 valence electrons. The molecule has 0 saturated carbocycles. The van der Waals surface area contributed by atoms with Crippen LogP contribution >= 0.6 is 0 Å². The van der Waals surface area contributed by atoms with E-state index in [0.29, 0.717) is 19.0 Å². The molecule has 1 aromatic carbocycles. The largest absolute Gasteiger partial charge is 0.497 e. The van der Waals surface area contributed by atoms with E-state index in [0.717, 1.165) is 17.5 Å². The van der Waals surface area contributed by atoms with Gasteiger partial charge in [-0.25, -0.2) is 9.37 Å². The second-order valence-electron chi connectivity index (χ2n) is 6.21. The summed E-state index contributed by atoms with van der Waals surface area (Å²) in [6.45, 7) is 2.67. The van der Waals surface area contributed by atoms with Crippen molar-refractivity contribution in [3.8, 4) is 5.75 Å². The number of anilines is 2. The summed E-state index contributed by atoms with van der Waals surface area (Å²) in [5, 5.41) is 5.72. The van der Waals surface area contributed by atoms with Gasteiger partial charge in [0.15, 0.2) is 11.6 Å². The Kier molecular flexibility index (Phi) is 5.20. The topological polar surface area (TPSA) is 79.4 Å². The van der Waals surface area contributed by atoms with Crippen LogP contribution in [0.1, 0.15) is 18.4 Å². The highest BCUT2D eigenvalue weighted by molar-refractivity contribution is 5.73. The van der Waals surface area contributed by atoms with Crippen molar-refractivity contribution < 1.29 is 13.9 Å². The smallest absolute Gasteiger partial charge is 0.227 e. The molecule has 1 aliphatic rings. The van der Waals surface area contributed by atoms with Crippen molar-refractivity contribution >= 4 is 17.7 Å². The van der Waals surface area contributed by atoms with Crippen molar-refractivity contribution in [2.75, 3.05) is 37.5 Å². The van der Waals surface area contributed by atoms with Crippen LogP contribution in [0.2, 0.25) is 0 Å². The molecule has 2 N–H and O–H groups in total. The molecule has 1 aromatic heterocycles. The van der Waals surface area contributed by atoms with Crippen LogP contribution in [0.5, 0.6) is 5.75 Å². The Morgan fingerprint density at radius 3 is 2.65 bits per heavy atom. The first-order valence-electron chi connectivity index (χ1n) is 8.38. The van der Waals surface area contributed by atoms with Crippen molar-refractivity contribution in [1.29, 1.82) is 0 Å². The third-order valence-electron chi connectivity index (χ3n) is 4.50. The van der Waals surface area contributed by atoms with E-state index in [1.54, 1.807) is 14.2 Å². The van der Waals surface area contributed by atoms with Gasteiger partial charge in [-0.15, -0.1) is 0 Å². The van der Waals surface area contributed by atoms with Gasteiger partial charge in [0.05, 0.1) is 19.3 Å². The lowest BCUT2D eigenvalue weighted by Crippen LogP contribution is -2.38. The molecule has 26 heavy (non-hydrogen) atoms. The third kappa shape index (κ3) is 3.68. The fraction of sp³-hybridized carbons (Fsp3) is 0.389. The zero-order valence-corrected chi connectivity index (χ0v) is 15.0. The number of rotatable bonds is 5. The number of carbonyl (C=O) groups excluding carboxylic acids is 1. The zero-order valence-electron chi connectivity index (χ0n) is 15.0. The van der Waals surface area contributed by atoms with E-state index in [1.165, 1.54) is 6.92 Å². The minimum Gasteiger partial charge on any atom is -0.497 e. The summed E-state index contributed by atoms with van der Waals surface area (Å²) in [6.07, 6.45) is 1.16. The van der Waals surface area contributed by atoms with Crippen molar-refractivity contribution in [2.45, 2.75) is 18.9 Å². The van der Waals surface area contributed by atoms with E-state index in [-0.39, 0.29) is 23.7 Å². The first-order chi connectivity index (χ1) is 12.5. The molecule has 2 atom stereocenters. The lowest BCUT2D eigenvalue weighted by molar-refractivity contribution is -0.119. The Hall–Kier alpha value is -2.90. The van der Waals surface area contributed by atoms with Crippen LogP contribution in [0.25, 0.3) is 0 Å². The summed E-state index contributed by atoms with van der Waals surface area (Å²) in [6, 6.07) is 7.69. The van der Waals surface area contributed by atoms with E-state index < -0.39 is 5.82 Å². The first kappa shape index (κ1) is 17.9. The standard InChI is InChI=1S/C18H22FN5O2/c1-11(25)22-16-10-24(18-21-8-15(19)17(20-2)23-18)9-14(16)12-4-6-13(26-3)7-5-12/h4-8,14,16H,9-10H2,1-3H3,(H,22,25)(H,20,21,23)/t14-,16+/m0/s1. The first-order valence-corrected chi connectivity index (χ1v) is 8.38. The van der Waals surface area contributed by atoms with Gasteiger partial charge in [-0.1, -0.05) is 12.1 Å². The zero-order chi connectivity index (χ0) is 18.7. The van der Waals surface area contributed by atoms with Gasteiger partial charge in [0.25, 0.3) is 0 Å². The molecule has 2 heterocycles. The predicted molar refractivity (Wildman–Crippen MR) is 97.1 cm³/mol. The molecular formula is C18H22FN5O2. The molecule has 1 saturated heterocycles. The van der Waals surface area contributed by atoms with Crippen LogP contribution in [-0.2, 0) is 4.79 Å². The maximum Gasteiger partial charge on any atom is 0.227 e. The van der Waals surface area contributed by atoms with Crippen LogP contribution in [0.3, 0.4) is 0 Å². The number of ether oxygens (including phenoxy) is 1. The monoisotopic (exact) mass is 359 g/mol. The summed E-state index contributed by atoms with van der Waals surface area (Å²) in [5.74, 6) is 0.838. The molecule has 0 bridgehead atoms. The van der Waals surface area contributed by atoms with Gasteiger partial charge in [0, 0.05) is 33.0 Å². The number of amides is 1. The minimum absolute atomic E-state index is 0.0662. The molecule has 1 aliphatic heterocycles. The van der Waals surface area contributed by atoms with Gasteiger partial charge in [-0.3, -0.25) is 4.79 Å². The van der Waals surface area contributed by atoms with Crippen molar-refractivity contribution in [2.24, 2.45) is 0 Å². The van der Waals surface area contributed by atoms with Crippen molar-refractivity contribution in [3.63, 3.8) is 0 Å². The van der Waals surface area contributed by atoms with Crippen LogP contribution < -0.4 is 20.3 Å². The maximum absolute atomic E-state index is 13.6. The quantitative estimate of drug-likeness (QED) is 0.847. The van der Waals surface area contributed by atoms with E-state index in [2.05, 4.69) is 20.6 Å². The molecule has 2 aromatic rings. The van der Waals surface area contributed by atoms with Crippen molar-refractivity contribution in [1.82, 2.24) is 15.3 Å². The van der Waals surface area contributed by atoms with Gasteiger partial charge in [-0.2, -0.15) is 4.98 Å².